The molecular formula is C21H17F4N5O2. The van der Waals surface area contributed by atoms with Crippen LogP contribution >= 0.6 is 0 Å². The minimum absolute atomic E-state index is 0.0271. The number of aromatic nitrogens is 4. The minimum Gasteiger partial charge on any atom is -0.377 e. The second kappa shape index (κ2) is 7.37. The van der Waals surface area contributed by atoms with Gasteiger partial charge in [-0.3, -0.25) is 4.79 Å². The first-order valence-corrected chi connectivity index (χ1v) is 9.88. The number of rotatable bonds is 2. The molecule has 2 unspecified atom stereocenters. The van der Waals surface area contributed by atoms with Gasteiger partial charge in [0.15, 0.2) is 17.5 Å². The van der Waals surface area contributed by atoms with Crippen LogP contribution in [0.15, 0.2) is 36.5 Å². The predicted molar refractivity (Wildman–Crippen MR) is 103 cm³/mol. The number of fused-ring (bicyclic) bond motifs is 4. The van der Waals surface area contributed by atoms with Crippen LogP contribution in [0.1, 0.15) is 33.4 Å². The second-order valence-electron chi connectivity index (χ2n) is 7.72. The van der Waals surface area contributed by atoms with E-state index in [4.69, 9.17) is 4.74 Å². The van der Waals surface area contributed by atoms with Gasteiger partial charge in [-0.1, -0.05) is 6.07 Å². The van der Waals surface area contributed by atoms with Gasteiger partial charge in [-0.2, -0.15) is 13.2 Å². The van der Waals surface area contributed by atoms with Crippen LogP contribution in [0.5, 0.6) is 0 Å². The van der Waals surface area contributed by atoms with Gasteiger partial charge in [0.2, 0.25) is 0 Å². The lowest BCUT2D eigenvalue weighted by Gasteiger charge is -2.45. The van der Waals surface area contributed by atoms with Gasteiger partial charge in [0.1, 0.15) is 11.7 Å². The van der Waals surface area contributed by atoms with E-state index in [1.807, 2.05) is 0 Å². The molecule has 0 aliphatic carbocycles. The van der Waals surface area contributed by atoms with Crippen LogP contribution in [-0.2, 0) is 17.5 Å². The van der Waals surface area contributed by atoms with E-state index < -0.39 is 35.5 Å². The summed E-state index contributed by atoms with van der Waals surface area (Å²) in [5.41, 5.74) is -0.968. The summed E-state index contributed by atoms with van der Waals surface area (Å²) in [6, 6.07) is 5.15. The number of amides is 1. The number of alkyl halides is 3. The molecule has 2 atom stereocenters. The zero-order valence-corrected chi connectivity index (χ0v) is 16.8. The van der Waals surface area contributed by atoms with Crippen LogP contribution in [0.4, 0.5) is 17.6 Å². The smallest absolute Gasteiger partial charge is 0.377 e. The summed E-state index contributed by atoms with van der Waals surface area (Å²) in [6.45, 7) is 1.77. The number of ether oxygens (including phenoxy) is 1. The Kier molecular flexibility index (Phi) is 4.73. The van der Waals surface area contributed by atoms with E-state index in [-0.39, 0.29) is 42.4 Å². The number of hydrogen-bond donors (Lipinski definition) is 0. The third-order valence-corrected chi connectivity index (χ3v) is 5.86. The van der Waals surface area contributed by atoms with Crippen molar-refractivity contribution in [3.05, 3.63) is 64.9 Å². The van der Waals surface area contributed by atoms with Crippen LogP contribution in [0, 0.1) is 12.7 Å². The average molecular weight is 447 g/mol. The summed E-state index contributed by atoms with van der Waals surface area (Å²) in [5, 5.41) is 8.24. The van der Waals surface area contributed by atoms with Crippen molar-refractivity contribution in [3.63, 3.8) is 0 Å². The standard InChI is InChI=1S/C21H17F4N5O2/c1-11-13(4-2-5-14(11)21(23,24)25)20(31)30-12-8-29-18(16(30)10-32-9-12)27-28-19(29)17-15(22)6-3-7-26-17/h2-7,12,16H,8-10H2,1H3. The highest BCUT2D eigenvalue weighted by Crippen LogP contribution is 2.38. The fraction of sp³-hybridized carbons (Fsp3) is 0.333. The van der Waals surface area contributed by atoms with E-state index in [9.17, 15) is 22.4 Å². The highest BCUT2D eigenvalue weighted by Gasteiger charge is 2.45. The van der Waals surface area contributed by atoms with Gasteiger partial charge in [-0.25, -0.2) is 9.37 Å². The molecule has 3 aromatic rings. The number of halogens is 4. The Morgan fingerprint density at radius 1 is 1.16 bits per heavy atom. The van der Waals surface area contributed by atoms with Gasteiger partial charge in [-0.05, 0) is 36.8 Å². The van der Waals surface area contributed by atoms with Crippen molar-refractivity contribution < 1.29 is 27.1 Å². The van der Waals surface area contributed by atoms with E-state index in [0.29, 0.717) is 5.82 Å². The third-order valence-electron chi connectivity index (χ3n) is 5.86. The molecule has 2 aliphatic heterocycles. The lowest BCUT2D eigenvalue weighted by Crippen LogP contribution is -2.56. The molecule has 2 aliphatic rings. The Labute approximate surface area is 179 Å². The molecule has 11 heteroatoms. The summed E-state index contributed by atoms with van der Waals surface area (Å²) < 4.78 is 61.7. The normalized spacial score (nSPS) is 20.2. The summed E-state index contributed by atoms with van der Waals surface area (Å²) in [7, 11) is 0. The third kappa shape index (κ3) is 3.15. The predicted octanol–water partition coefficient (Wildman–Crippen LogP) is 3.40. The van der Waals surface area contributed by atoms with Crippen LogP contribution in [-0.4, -0.2) is 49.8 Å². The molecule has 2 aromatic heterocycles. The monoisotopic (exact) mass is 447 g/mol. The molecule has 166 valence electrons. The van der Waals surface area contributed by atoms with E-state index >= 15 is 0 Å². The van der Waals surface area contributed by atoms with Crippen LogP contribution < -0.4 is 0 Å². The molecule has 4 heterocycles. The van der Waals surface area contributed by atoms with Gasteiger partial charge in [0, 0.05) is 18.3 Å². The molecular weight excluding hydrogens is 430 g/mol. The van der Waals surface area contributed by atoms with Crippen molar-refractivity contribution >= 4 is 5.91 Å². The van der Waals surface area contributed by atoms with E-state index in [1.54, 1.807) is 4.57 Å². The first-order valence-electron chi connectivity index (χ1n) is 9.88. The Hall–Kier alpha value is -3.34. The van der Waals surface area contributed by atoms with Gasteiger partial charge in [0.05, 0.1) is 24.8 Å². The summed E-state index contributed by atoms with van der Waals surface area (Å²) >= 11 is 0. The Morgan fingerprint density at radius 3 is 2.72 bits per heavy atom. The topological polar surface area (TPSA) is 73.1 Å². The van der Waals surface area contributed by atoms with Crippen molar-refractivity contribution in [2.45, 2.75) is 31.7 Å². The van der Waals surface area contributed by atoms with Gasteiger partial charge < -0.3 is 14.2 Å². The molecule has 1 aromatic carbocycles. The van der Waals surface area contributed by atoms with E-state index in [2.05, 4.69) is 15.2 Å². The molecule has 0 saturated carbocycles. The number of morpholine rings is 1. The Morgan fingerprint density at radius 2 is 1.97 bits per heavy atom. The Balaban J connectivity index is 1.56. The summed E-state index contributed by atoms with van der Waals surface area (Å²) in [5.74, 6) is -0.481. The van der Waals surface area contributed by atoms with Crippen LogP contribution in [0.25, 0.3) is 11.5 Å². The molecule has 0 N–H and O–H groups in total. The molecule has 7 nitrogen and oxygen atoms in total. The lowest BCUT2D eigenvalue weighted by molar-refractivity contribution is -0.138. The van der Waals surface area contributed by atoms with Gasteiger partial charge in [-0.15, -0.1) is 10.2 Å². The Bertz CT molecular complexity index is 1210. The molecule has 5 rings (SSSR count). The fourth-order valence-corrected chi connectivity index (χ4v) is 4.37. The first-order chi connectivity index (χ1) is 15.3. The zero-order chi connectivity index (χ0) is 22.6. The van der Waals surface area contributed by atoms with Crippen molar-refractivity contribution in [1.29, 1.82) is 0 Å². The molecule has 1 fully saturated rings. The summed E-state index contributed by atoms with van der Waals surface area (Å²) in [4.78, 5) is 19.0. The maximum atomic E-state index is 14.3. The highest BCUT2D eigenvalue weighted by molar-refractivity contribution is 5.96. The molecule has 2 bridgehead atoms. The molecule has 0 spiro atoms. The number of carbonyl (C=O) groups is 1. The molecule has 1 saturated heterocycles. The fourth-order valence-electron chi connectivity index (χ4n) is 4.37. The van der Waals surface area contributed by atoms with Gasteiger partial charge in [0.25, 0.3) is 5.91 Å². The van der Waals surface area contributed by atoms with Gasteiger partial charge >= 0.3 is 6.18 Å². The maximum Gasteiger partial charge on any atom is 0.416 e. The first kappa shape index (κ1) is 20.6. The lowest BCUT2D eigenvalue weighted by atomic mass is 9.97. The van der Waals surface area contributed by atoms with E-state index in [1.165, 1.54) is 42.3 Å². The van der Waals surface area contributed by atoms with Crippen molar-refractivity contribution in [2.24, 2.45) is 0 Å². The number of hydrogen-bond acceptors (Lipinski definition) is 5. The molecule has 32 heavy (non-hydrogen) atoms. The van der Waals surface area contributed by atoms with Crippen molar-refractivity contribution in [1.82, 2.24) is 24.6 Å². The van der Waals surface area contributed by atoms with Crippen LogP contribution in [0.2, 0.25) is 0 Å². The SMILES string of the molecule is Cc1c(C(=O)N2C3COCC2c2nnc(-c4ncccc4F)n2C3)cccc1C(F)(F)F. The van der Waals surface area contributed by atoms with Crippen LogP contribution in [0.3, 0.4) is 0 Å². The average Bonchev–Trinajstić information content (AvgIpc) is 3.16. The maximum absolute atomic E-state index is 14.3. The zero-order valence-electron chi connectivity index (χ0n) is 16.8. The minimum atomic E-state index is -4.57. The molecule has 0 radical (unpaired) electrons. The van der Waals surface area contributed by atoms with E-state index in [0.717, 1.165) is 6.07 Å². The number of nitrogens with zero attached hydrogens (tertiary/aromatic N) is 5. The van der Waals surface area contributed by atoms with Crippen molar-refractivity contribution in [3.8, 4) is 11.5 Å². The highest BCUT2D eigenvalue weighted by atomic mass is 19.4. The number of benzene rings is 1. The number of pyridine rings is 1. The van der Waals surface area contributed by atoms with Crippen molar-refractivity contribution in [2.75, 3.05) is 13.2 Å². The molecule has 1 amide bonds. The quantitative estimate of drug-likeness (QED) is 0.563. The number of carbonyl (C=O) groups excluding carboxylic acids is 1. The second-order valence-corrected chi connectivity index (χ2v) is 7.72. The largest absolute Gasteiger partial charge is 0.416 e. The summed E-state index contributed by atoms with van der Waals surface area (Å²) in [6.07, 6.45) is -3.12.